The van der Waals surface area contributed by atoms with Crippen LogP contribution in [0.1, 0.15) is 12.8 Å². The zero-order valence-electron chi connectivity index (χ0n) is 9.94. The smallest absolute Gasteiger partial charge is 0.406 e. The number of rotatable bonds is 5. The van der Waals surface area contributed by atoms with Gasteiger partial charge in [-0.2, -0.15) is 13.2 Å². The molecule has 0 bridgehead atoms. The summed E-state index contributed by atoms with van der Waals surface area (Å²) in [5, 5.41) is 8.50. The molecule has 2 amide bonds. The first-order valence-electron chi connectivity index (χ1n) is 5.53. The molecule has 19 heavy (non-hydrogen) atoms. The van der Waals surface area contributed by atoms with E-state index in [1.165, 1.54) is 0 Å². The average molecular weight is 282 g/mol. The molecule has 0 aromatic rings. The molecule has 0 saturated carbocycles. The minimum atomic E-state index is -4.68. The molecule has 9 heteroatoms. The van der Waals surface area contributed by atoms with E-state index in [1.54, 1.807) is 0 Å². The molecule has 0 atom stereocenters. The summed E-state index contributed by atoms with van der Waals surface area (Å²) in [4.78, 5) is 34.7. The molecule has 0 aliphatic carbocycles. The van der Waals surface area contributed by atoms with Crippen LogP contribution in [0, 0.1) is 0 Å². The lowest BCUT2D eigenvalue weighted by atomic mass is 10.4. The summed E-state index contributed by atoms with van der Waals surface area (Å²) in [6.07, 6.45) is -3.88. The van der Waals surface area contributed by atoms with E-state index in [9.17, 15) is 27.6 Å². The number of halogens is 3. The van der Waals surface area contributed by atoms with Crippen molar-refractivity contribution in [1.29, 1.82) is 0 Å². The minimum absolute atomic E-state index is 0.188. The molecule has 0 spiro atoms. The third kappa shape index (κ3) is 5.14. The average Bonchev–Trinajstić information content (AvgIpc) is 2.60. The van der Waals surface area contributed by atoms with Gasteiger partial charge in [-0.1, -0.05) is 0 Å². The molecule has 0 unspecified atom stereocenters. The van der Waals surface area contributed by atoms with Gasteiger partial charge in [-0.05, 0) is 6.42 Å². The Labute approximate surface area is 106 Å². The number of nitrogens with zero attached hydrogens (tertiary/aromatic N) is 2. The zero-order valence-corrected chi connectivity index (χ0v) is 9.94. The van der Waals surface area contributed by atoms with E-state index < -0.39 is 37.7 Å². The van der Waals surface area contributed by atoms with Crippen molar-refractivity contribution >= 4 is 17.8 Å². The van der Waals surface area contributed by atoms with Gasteiger partial charge in [0.1, 0.15) is 13.1 Å². The predicted octanol–water partition coefficient (Wildman–Crippen LogP) is 0.0843. The van der Waals surface area contributed by atoms with Gasteiger partial charge in [0.05, 0.1) is 6.54 Å². The Morgan fingerprint density at radius 1 is 1.37 bits per heavy atom. The monoisotopic (exact) mass is 282 g/mol. The van der Waals surface area contributed by atoms with Gasteiger partial charge in [-0.25, -0.2) is 0 Å². The standard InChI is InChI=1S/C10H13F3N2O4/c11-10(12,13)6-15(5-9(18)19)8(17)4-14-3-1-2-7(14)16/h1-6H2,(H,18,19). The second kappa shape index (κ2) is 5.89. The fourth-order valence-electron chi connectivity index (χ4n) is 1.75. The molecule has 0 aromatic carbocycles. The van der Waals surface area contributed by atoms with Crippen LogP contribution in [0.3, 0.4) is 0 Å². The van der Waals surface area contributed by atoms with Gasteiger partial charge in [-0.15, -0.1) is 0 Å². The zero-order chi connectivity index (χ0) is 14.6. The summed E-state index contributed by atoms with van der Waals surface area (Å²) in [6.45, 7) is -2.89. The molecule has 1 heterocycles. The third-order valence-electron chi connectivity index (χ3n) is 2.55. The Balaban J connectivity index is 2.65. The summed E-state index contributed by atoms with van der Waals surface area (Å²) in [5.41, 5.74) is 0. The topological polar surface area (TPSA) is 77.9 Å². The van der Waals surface area contributed by atoms with E-state index in [1.807, 2.05) is 0 Å². The van der Waals surface area contributed by atoms with Crippen LogP contribution < -0.4 is 0 Å². The highest BCUT2D eigenvalue weighted by molar-refractivity contribution is 5.87. The van der Waals surface area contributed by atoms with Crippen molar-refractivity contribution in [1.82, 2.24) is 9.80 Å². The van der Waals surface area contributed by atoms with Crippen LogP contribution in [0.5, 0.6) is 0 Å². The maximum atomic E-state index is 12.2. The molecule has 1 saturated heterocycles. The van der Waals surface area contributed by atoms with Crippen molar-refractivity contribution < 1.29 is 32.7 Å². The number of aliphatic carboxylic acids is 1. The SMILES string of the molecule is O=C(O)CN(CC(F)(F)F)C(=O)CN1CCCC1=O. The van der Waals surface area contributed by atoms with Crippen LogP contribution in [0.15, 0.2) is 0 Å². The van der Waals surface area contributed by atoms with E-state index in [0.717, 1.165) is 4.90 Å². The number of likely N-dealkylation sites (tertiary alicyclic amines) is 1. The first-order chi connectivity index (χ1) is 8.69. The van der Waals surface area contributed by atoms with Crippen molar-refractivity contribution in [2.45, 2.75) is 19.0 Å². The van der Waals surface area contributed by atoms with E-state index in [4.69, 9.17) is 5.11 Å². The lowest BCUT2D eigenvalue weighted by Gasteiger charge is -2.24. The molecule has 1 aliphatic rings. The number of carboxylic acid groups (broad SMARTS) is 1. The van der Waals surface area contributed by atoms with E-state index in [-0.39, 0.29) is 17.2 Å². The van der Waals surface area contributed by atoms with E-state index >= 15 is 0 Å². The van der Waals surface area contributed by atoms with Crippen LogP contribution in [0.25, 0.3) is 0 Å². The van der Waals surface area contributed by atoms with Gasteiger partial charge in [0.25, 0.3) is 0 Å². The molecular formula is C10H13F3N2O4. The Kier molecular flexibility index (Phi) is 4.73. The first-order valence-corrected chi connectivity index (χ1v) is 5.53. The molecule has 108 valence electrons. The second-order valence-corrected chi connectivity index (χ2v) is 4.18. The number of hydrogen-bond donors (Lipinski definition) is 1. The fourth-order valence-corrected chi connectivity index (χ4v) is 1.75. The Morgan fingerprint density at radius 2 is 2.00 bits per heavy atom. The molecule has 1 rings (SSSR count). The third-order valence-corrected chi connectivity index (χ3v) is 2.55. The Bertz CT molecular complexity index is 383. The highest BCUT2D eigenvalue weighted by Crippen LogP contribution is 2.17. The molecule has 1 aliphatic heterocycles. The van der Waals surface area contributed by atoms with E-state index in [2.05, 4.69) is 0 Å². The van der Waals surface area contributed by atoms with Crippen molar-refractivity contribution in [2.75, 3.05) is 26.2 Å². The number of carbonyl (C=O) groups excluding carboxylic acids is 2. The molecule has 0 radical (unpaired) electrons. The highest BCUT2D eigenvalue weighted by Gasteiger charge is 2.35. The fraction of sp³-hybridized carbons (Fsp3) is 0.700. The number of alkyl halides is 3. The van der Waals surface area contributed by atoms with E-state index in [0.29, 0.717) is 13.0 Å². The van der Waals surface area contributed by atoms with Gasteiger partial charge in [0.2, 0.25) is 11.8 Å². The normalized spacial score (nSPS) is 15.7. The summed E-state index contributed by atoms with van der Waals surface area (Å²) in [5.74, 6) is -2.86. The van der Waals surface area contributed by atoms with Crippen LogP contribution in [-0.4, -0.2) is 65.0 Å². The number of carboxylic acids is 1. The van der Waals surface area contributed by atoms with Crippen molar-refractivity contribution in [3.05, 3.63) is 0 Å². The van der Waals surface area contributed by atoms with Gasteiger partial charge in [-0.3, -0.25) is 14.4 Å². The number of carbonyl (C=O) groups is 3. The molecule has 0 aromatic heterocycles. The van der Waals surface area contributed by atoms with Crippen molar-refractivity contribution in [3.63, 3.8) is 0 Å². The van der Waals surface area contributed by atoms with Gasteiger partial charge < -0.3 is 14.9 Å². The van der Waals surface area contributed by atoms with Crippen molar-refractivity contribution in [2.24, 2.45) is 0 Å². The molecule has 1 N–H and O–H groups in total. The molecule has 1 fully saturated rings. The minimum Gasteiger partial charge on any atom is -0.480 e. The lowest BCUT2D eigenvalue weighted by molar-refractivity contribution is -0.166. The summed E-state index contributed by atoms with van der Waals surface area (Å²) >= 11 is 0. The molecule has 6 nitrogen and oxygen atoms in total. The summed E-state index contributed by atoms with van der Waals surface area (Å²) in [7, 11) is 0. The second-order valence-electron chi connectivity index (χ2n) is 4.18. The van der Waals surface area contributed by atoms with Crippen molar-refractivity contribution in [3.8, 4) is 0 Å². The summed E-state index contributed by atoms with van der Waals surface area (Å²) in [6, 6.07) is 0. The molecular weight excluding hydrogens is 269 g/mol. The van der Waals surface area contributed by atoms with Gasteiger partial charge in [0, 0.05) is 13.0 Å². The Hall–Kier alpha value is -1.80. The highest BCUT2D eigenvalue weighted by atomic mass is 19.4. The quantitative estimate of drug-likeness (QED) is 0.775. The number of amides is 2. The van der Waals surface area contributed by atoms with Crippen LogP contribution in [-0.2, 0) is 14.4 Å². The van der Waals surface area contributed by atoms with Gasteiger partial charge >= 0.3 is 12.1 Å². The Morgan fingerprint density at radius 3 is 2.42 bits per heavy atom. The van der Waals surface area contributed by atoms with Crippen LogP contribution in [0.2, 0.25) is 0 Å². The van der Waals surface area contributed by atoms with Crippen LogP contribution >= 0.6 is 0 Å². The maximum Gasteiger partial charge on any atom is 0.406 e. The lowest BCUT2D eigenvalue weighted by Crippen LogP contribution is -2.46. The van der Waals surface area contributed by atoms with Crippen LogP contribution in [0.4, 0.5) is 13.2 Å². The predicted molar refractivity (Wildman–Crippen MR) is 56.1 cm³/mol. The van der Waals surface area contributed by atoms with Gasteiger partial charge in [0.15, 0.2) is 0 Å². The first kappa shape index (κ1) is 15.3. The number of hydrogen-bond acceptors (Lipinski definition) is 3. The largest absolute Gasteiger partial charge is 0.480 e. The summed E-state index contributed by atoms with van der Waals surface area (Å²) < 4.78 is 36.7. The maximum absolute atomic E-state index is 12.2.